The van der Waals surface area contributed by atoms with Gasteiger partial charge in [0.15, 0.2) is 0 Å². The Morgan fingerprint density at radius 1 is 1.04 bits per heavy atom. The Labute approximate surface area is 157 Å². The zero-order valence-corrected chi connectivity index (χ0v) is 14.9. The fourth-order valence-electron chi connectivity index (χ4n) is 2.36. The first kappa shape index (κ1) is 18.1. The summed E-state index contributed by atoms with van der Waals surface area (Å²) in [6.07, 6.45) is 5.21. The number of ether oxygens (including phenoxy) is 1. The van der Waals surface area contributed by atoms with Gasteiger partial charge in [0.1, 0.15) is 5.75 Å². The third-order valence-electron chi connectivity index (χ3n) is 3.86. The number of nitrogens with one attached hydrogen (secondary N) is 2. The molecule has 2 N–H and O–H groups in total. The van der Waals surface area contributed by atoms with Gasteiger partial charge in [-0.15, -0.1) is 0 Å². The average molecular weight is 360 g/mol. The van der Waals surface area contributed by atoms with E-state index in [-0.39, 0.29) is 5.91 Å². The van der Waals surface area contributed by atoms with Gasteiger partial charge in [0.05, 0.1) is 19.9 Å². The summed E-state index contributed by atoms with van der Waals surface area (Å²) in [7, 11) is 1.60. The van der Waals surface area contributed by atoms with Gasteiger partial charge in [0, 0.05) is 23.6 Å². The molecule has 0 aliphatic rings. The summed E-state index contributed by atoms with van der Waals surface area (Å²) in [4.78, 5) is 16.3. The van der Waals surface area contributed by atoms with Gasteiger partial charge in [-0.05, 0) is 59.7 Å². The molecule has 1 aromatic heterocycles. The first-order valence-corrected chi connectivity index (χ1v) is 8.45. The number of carbonyl (C=O) groups excluding carboxylic acids is 1. The molecule has 136 valence electrons. The summed E-state index contributed by atoms with van der Waals surface area (Å²) >= 11 is 0. The van der Waals surface area contributed by atoms with Crippen molar-refractivity contribution in [2.45, 2.75) is 6.54 Å². The van der Waals surface area contributed by atoms with Crippen molar-refractivity contribution in [3.63, 3.8) is 0 Å². The SMILES string of the molecule is COc1ccc(NC(=O)c2ccc(/C=N/NCc3ccncc3)cc2)cc1. The van der Waals surface area contributed by atoms with Gasteiger partial charge in [-0.25, -0.2) is 0 Å². The average Bonchev–Trinajstić information content (AvgIpc) is 2.73. The van der Waals surface area contributed by atoms with Crippen LogP contribution in [0.2, 0.25) is 0 Å². The van der Waals surface area contributed by atoms with E-state index < -0.39 is 0 Å². The Hall–Kier alpha value is -3.67. The van der Waals surface area contributed by atoms with Crippen LogP contribution in [0, 0.1) is 0 Å². The number of aromatic nitrogens is 1. The van der Waals surface area contributed by atoms with E-state index in [4.69, 9.17) is 4.74 Å². The van der Waals surface area contributed by atoms with Crippen LogP contribution in [0.3, 0.4) is 0 Å². The van der Waals surface area contributed by atoms with Gasteiger partial charge in [-0.1, -0.05) is 12.1 Å². The van der Waals surface area contributed by atoms with E-state index in [2.05, 4.69) is 20.8 Å². The summed E-state index contributed by atoms with van der Waals surface area (Å²) in [5.41, 5.74) is 6.28. The van der Waals surface area contributed by atoms with Gasteiger partial charge in [0.2, 0.25) is 0 Å². The second-order valence-corrected chi connectivity index (χ2v) is 5.75. The van der Waals surface area contributed by atoms with Crippen LogP contribution in [0.1, 0.15) is 21.5 Å². The first-order chi connectivity index (χ1) is 13.2. The zero-order valence-electron chi connectivity index (χ0n) is 14.9. The molecule has 0 saturated heterocycles. The minimum atomic E-state index is -0.167. The lowest BCUT2D eigenvalue weighted by molar-refractivity contribution is 0.102. The highest BCUT2D eigenvalue weighted by Gasteiger charge is 2.05. The molecule has 0 fully saturated rings. The van der Waals surface area contributed by atoms with Crippen LogP contribution in [0.4, 0.5) is 5.69 Å². The van der Waals surface area contributed by atoms with Gasteiger partial charge in [0.25, 0.3) is 5.91 Å². The van der Waals surface area contributed by atoms with E-state index in [1.807, 2.05) is 24.3 Å². The minimum Gasteiger partial charge on any atom is -0.497 e. The smallest absolute Gasteiger partial charge is 0.255 e. The molecule has 1 amide bonds. The van der Waals surface area contributed by atoms with Gasteiger partial charge in [-0.3, -0.25) is 9.78 Å². The number of anilines is 1. The van der Waals surface area contributed by atoms with Crippen molar-refractivity contribution in [1.82, 2.24) is 10.4 Å². The van der Waals surface area contributed by atoms with Crippen LogP contribution < -0.4 is 15.5 Å². The van der Waals surface area contributed by atoms with Crippen LogP contribution >= 0.6 is 0 Å². The quantitative estimate of drug-likeness (QED) is 0.500. The number of pyridine rings is 1. The maximum atomic E-state index is 12.3. The summed E-state index contributed by atoms with van der Waals surface area (Å²) in [5.74, 6) is 0.577. The Kier molecular flexibility index (Phi) is 6.14. The van der Waals surface area contributed by atoms with Gasteiger partial charge < -0.3 is 15.5 Å². The second-order valence-electron chi connectivity index (χ2n) is 5.75. The summed E-state index contributed by atoms with van der Waals surface area (Å²) in [5, 5.41) is 7.04. The molecule has 6 heteroatoms. The van der Waals surface area contributed by atoms with Crippen LogP contribution in [0.15, 0.2) is 78.2 Å². The third kappa shape index (κ3) is 5.40. The van der Waals surface area contributed by atoms with Crippen molar-refractivity contribution in [3.8, 4) is 5.75 Å². The Bertz CT molecular complexity index is 892. The molecule has 27 heavy (non-hydrogen) atoms. The number of hydrogen-bond donors (Lipinski definition) is 2. The molecule has 6 nitrogen and oxygen atoms in total. The van der Waals surface area contributed by atoms with Crippen molar-refractivity contribution in [2.75, 3.05) is 12.4 Å². The Morgan fingerprint density at radius 2 is 1.74 bits per heavy atom. The number of carbonyl (C=O) groups is 1. The third-order valence-corrected chi connectivity index (χ3v) is 3.86. The zero-order chi connectivity index (χ0) is 18.9. The summed E-state index contributed by atoms with van der Waals surface area (Å²) in [6.45, 7) is 0.626. The summed E-state index contributed by atoms with van der Waals surface area (Å²) < 4.78 is 5.10. The molecule has 0 radical (unpaired) electrons. The lowest BCUT2D eigenvalue weighted by Gasteiger charge is -2.06. The van der Waals surface area contributed by atoms with Crippen molar-refractivity contribution >= 4 is 17.8 Å². The molecule has 1 heterocycles. The number of hydrazone groups is 1. The number of nitrogens with zero attached hydrogens (tertiary/aromatic N) is 2. The number of hydrogen-bond acceptors (Lipinski definition) is 5. The van der Waals surface area contributed by atoms with Crippen molar-refractivity contribution in [3.05, 3.63) is 89.7 Å². The molecule has 0 saturated carbocycles. The van der Waals surface area contributed by atoms with Crippen molar-refractivity contribution in [2.24, 2.45) is 5.10 Å². The van der Waals surface area contributed by atoms with E-state index >= 15 is 0 Å². The van der Waals surface area contributed by atoms with E-state index in [1.54, 1.807) is 62.1 Å². The van der Waals surface area contributed by atoms with Crippen LogP contribution in [-0.4, -0.2) is 24.2 Å². The highest BCUT2D eigenvalue weighted by molar-refractivity contribution is 6.04. The fourth-order valence-corrected chi connectivity index (χ4v) is 2.36. The predicted octanol–water partition coefficient (Wildman–Crippen LogP) is 3.47. The maximum absolute atomic E-state index is 12.3. The van der Waals surface area contributed by atoms with E-state index in [0.717, 1.165) is 16.9 Å². The molecule has 0 spiro atoms. The van der Waals surface area contributed by atoms with Gasteiger partial charge >= 0.3 is 0 Å². The molecule has 3 rings (SSSR count). The molecule has 0 bridgehead atoms. The number of amides is 1. The molecular weight excluding hydrogens is 340 g/mol. The molecular formula is C21H20N4O2. The van der Waals surface area contributed by atoms with Crippen LogP contribution in [-0.2, 0) is 6.54 Å². The second kappa shape index (κ2) is 9.15. The highest BCUT2D eigenvalue weighted by Crippen LogP contribution is 2.16. The molecule has 0 unspecified atom stereocenters. The van der Waals surface area contributed by atoms with Crippen molar-refractivity contribution in [1.29, 1.82) is 0 Å². The molecule has 0 aliphatic carbocycles. The standard InChI is InChI=1S/C21H20N4O2/c1-27-20-8-6-19(7-9-20)25-21(26)18-4-2-16(3-5-18)14-23-24-15-17-10-12-22-13-11-17/h2-14,24H,15H2,1H3,(H,25,26)/b23-14+. The molecule has 0 atom stereocenters. The lowest BCUT2D eigenvalue weighted by Crippen LogP contribution is -2.11. The normalized spacial score (nSPS) is 10.6. The predicted molar refractivity (Wildman–Crippen MR) is 106 cm³/mol. The van der Waals surface area contributed by atoms with E-state index in [1.165, 1.54) is 0 Å². The van der Waals surface area contributed by atoms with Crippen LogP contribution in [0.25, 0.3) is 0 Å². The molecule has 0 aliphatic heterocycles. The van der Waals surface area contributed by atoms with E-state index in [0.29, 0.717) is 17.8 Å². The number of methoxy groups -OCH3 is 1. The minimum absolute atomic E-state index is 0.167. The largest absolute Gasteiger partial charge is 0.497 e. The van der Waals surface area contributed by atoms with E-state index in [9.17, 15) is 4.79 Å². The van der Waals surface area contributed by atoms with Crippen molar-refractivity contribution < 1.29 is 9.53 Å². The highest BCUT2D eigenvalue weighted by atomic mass is 16.5. The topological polar surface area (TPSA) is 75.6 Å². The van der Waals surface area contributed by atoms with Crippen LogP contribution in [0.5, 0.6) is 5.75 Å². The fraction of sp³-hybridized carbons (Fsp3) is 0.0952. The monoisotopic (exact) mass is 360 g/mol. The molecule has 2 aromatic carbocycles. The number of rotatable bonds is 7. The number of benzene rings is 2. The van der Waals surface area contributed by atoms with Gasteiger partial charge in [-0.2, -0.15) is 5.10 Å². The Morgan fingerprint density at radius 3 is 2.41 bits per heavy atom. The molecule has 3 aromatic rings. The maximum Gasteiger partial charge on any atom is 0.255 e. The Balaban J connectivity index is 1.52. The summed E-state index contributed by atoms with van der Waals surface area (Å²) in [6, 6.07) is 18.3. The lowest BCUT2D eigenvalue weighted by atomic mass is 10.1. The first-order valence-electron chi connectivity index (χ1n) is 8.45.